The van der Waals surface area contributed by atoms with Crippen LogP contribution < -0.4 is 48.6 Å². The summed E-state index contributed by atoms with van der Waals surface area (Å²) >= 11 is 0. The number of aryl methyl sites for hydroxylation is 2. The molecule has 1 unspecified atom stereocenters. The number of amides is 5. The molecule has 6 aromatic carbocycles. The van der Waals surface area contributed by atoms with Crippen molar-refractivity contribution in [1.82, 2.24) is 89.4 Å². The van der Waals surface area contributed by atoms with Crippen molar-refractivity contribution in [1.29, 1.82) is 0 Å². The molecule has 10 aromatic heterocycles. The Labute approximate surface area is 749 Å². The number of nitrogens with one attached hydrogen (secondary N) is 6. The number of fused-ring (bicyclic) bond motifs is 6. The van der Waals surface area contributed by atoms with Crippen molar-refractivity contribution in [3.63, 3.8) is 0 Å². The van der Waals surface area contributed by atoms with Gasteiger partial charge in [-0.05, 0) is 173 Å². The first-order chi connectivity index (χ1) is 63.7. The minimum absolute atomic E-state index is 0.00484. The fourth-order valence-electron chi connectivity index (χ4n) is 16.1. The third-order valence-electron chi connectivity index (χ3n) is 22.4. The quantitative estimate of drug-likeness (QED) is 0.0323. The molecule has 5 amide bonds. The molecule has 1 saturated carbocycles. The molecular weight excluding hydrogens is 1660 g/mol. The highest BCUT2D eigenvalue weighted by Gasteiger charge is 2.31. The van der Waals surface area contributed by atoms with E-state index in [1.165, 1.54) is 12.1 Å². The van der Waals surface area contributed by atoms with Crippen molar-refractivity contribution >= 4 is 96.2 Å². The molecule has 1 saturated heterocycles. The van der Waals surface area contributed by atoms with Gasteiger partial charge in [-0.1, -0.05) is 133 Å². The predicted octanol–water partition coefficient (Wildman–Crippen LogP) is 12.4. The summed E-state index contributed by atoms with van der Waals surface area (Å²) in [5, 5.41) is 34.4. The van der Waals surface area contributed by atoms with Crippen LogP contribution in [0.15, 0.2) is 263 Å². The zero-order valence-corrected chi connectivity index (χ0v) is 71.8. The minimum atomic E-state index is -0.581. The molecule has 6 N–H and O–H groups in total. The van der Waals surface area contributed by atoms with Crippen LogP contribution in [0.4, 0.5) is 5.88 Å². The van der Waals surface area contributed by atoms with Gasteiger partial charge in [-0.25, -0.2) is 28.5 Å². The van der Waals surface area contributed by atoms with Gasteiger partial charge in [0.1, 0.15) is 23.0 Å². The van der Waals surface area contributed by atoms with Crippen LogP contribution in [0.2, 0.25) is 0 Å². The van der Waals surface area contributed by atoms with Gasteiger partial charge in [0, 0.05) is 119 Å². The Morgan fingerprint density at radius 2 is 0.939 bits per heavy atom. The van der Waals surface area contributed by atoms with Crippen molar-refractivity contribution < 1.29 is 37.9 Å². The van der Waals surface area contributed by atoms with E-state index in [2.05, 4.69) is 109 Å². The summed E-state index contributed by atoms with van der Waals surface area (Å²) in [7, 11) is 0. The summed E-state index contributed by atoms with van der Waals surface area (Å²) in [4.78, 5) is 134. The predicted molar refractivity (Wildman–Crippen MR) is 495 cm³/mol. The van der Waals surface area contributed by atoms with Gasteiger partial charge < -0.3 is 41.1 Å². The van der Waals surface area contributed by atoms with E-state index in [1.54, 1.807) is 109 Å². The fraction of sp³-hybridized carbons (Fsp3) is 0.188. The van der Waals surface area contributed by atoms with Gasteiger partial charge in [-0.3, -0.25) is 56.9 Å². The Bertz CT molecular complexity index is 7650. The molecule has 0 spiro atoms. The summed E-state index contributed by atoms with van der Waals surface area (Å²) in [6.07, 6.45) is 14.4. The van der Waals surface area contributed by atoms with Crippen LogP contribution in [-0.4, -0.2) is 125 Å². The van der Waals surface area contributed by atoms with Gasteiger partial charge in [-0.2, -0.15) is 20.1 Å². The van der Waals surface area contributed by atoms with E-state index < -0.39 is 24.1 Å². The van der Waals surface area contributed by atoms with Crippen LogP contribution in [-0.2, 0) is 19.1 Å². The van der Waals surface area contributed by atoms with Gasteiger partial charge in [0.2, 0.25) is 11.8 Å². The maximum atomic E-state index is 14.2. The number of nitrogens with zero attached hydrogens (tertiary/aromatic N) is 13. The number of furan rings is 1. The lowest BCUT2D eigenvalue weighted by molar-refractivity contribution is -0.129. The van der Waals surface area contributed by atoms with E-state index in [4.69, 9.17) is 15.7 Å². The number of hydrogen-bond acceptors (Lipinski definition) is 18. The molecule has 650 valence electrons. The summed E-state index contributed by atoms with van der Waals surface area (Å²) in [6.45, 7) is 21.2. The number of aromatic nitrogens is 12. The zero-order valence-electron chi connectivity index (χ0n) is 71.8. The molecule has 0 radical (unpaired) electrons. The van der Waals surface area contributed by atoms with Crippen LogP contribution in [0.5, 0.6) is 0 Å². The Kier molecular flexibility index (Phi) is 26.1. The molecule has 16 aromatic rings. The number of benzene rings is 6. The van der Waals surface area contributed by atoms with Crippen molar-refractivity contribution in [2.45, 2.75) is 91.0 Å². The molecule has 1 aliphatic carbocycles. The van der Waals surface area contributed by atoms with E-state index in [0.29, 0.717) is 131 Å². The third-order valence-corrected chi connectivity index (χ3v) is 22.4. The molecule has 2 fully saturated rings. The topological polar surface area (TPSA) is 358 Å². The van der Waals surface area contributed by atoms with E-state index in [1.807, 2.05) is 179 Å². The maximum absolute atomic E-state index is 14.2. The second-order valence-corrected chi connectivity index (χ2v) is 31.1. The SMILES string of the molecule is C=C(N[C@@H](C)c1cc2cccc(C#CCNC(=O)[C@@H]3CCCO3)c2c(=O)n1-c1ccccc1)c1cnn2cccnc12.Cc1nn2cccnc2c1C(=O)N[C@@H](C)c1cc2cccc(C#CCNC(=O)C3CCC(=O)C3)c2c(=O)n1-c1ccccc1.[C-]#[N+]c1ccc(C(=O)NCC#Cc2cccc3cc([C@H](C)NC(=O)c4c(C)nn5cccnc45)n(-c4ccccc4)c(=O)c23)o1. The normalized spacial score (nSPS) is 13.9. The molecular formula is C101H85N19O11. The Morgan fingerprint density at radius 3 is 1.37 bits per heavy atom. The highest BCUT2D eigenvalue weighted by atomic mass is 16.5. The first-order valence-electron chi connectivity index (χ1n) is 42.3. The third kappa shape index (κ3) is 18.9. The fourth-order valence-corrected chi connectivity index (χ4v) is 16.1. The van der Waals surface area contributed by atoms with E-state index in [-0.39, 0.29) is 95.7 Å². The summed E-state index contributed by atoms with van der Waals surface area (Å²) < 4.78 is 20.3. The number of para-hydroxylation sites is 3. The van der Waals surface area contributed by atoms with Gasteiger partial charge in [-0.15, -0.1) is 0 Å². The molecule has 1 aliphatic heterocycles. The lowest BCUT2D eigenvalue weighted by Gasteiger charge is -2.22. The lowest BCUT2D eigenvalue weighted by atomic mass is 10.0. The smallest absolute Gasteiger partial charge is 0.346 e. The molecule has 0 bridgehead atoms. The molecule has 30 heteroatoms. The Morgan fingerprint density at radius 1 is 0.504 bits per heavy atom. The van der Waals surface area contributed by atoms with Crippen LogP contribution in [0, 0.1) is 61.9 Å². The monoisotopic (exact) mass is 1740 g/mol. The highest BCUT2D eigenvalue weighted by Crippen LogP contribution is 2.31. The van der Waals surface area contributed by atoms with Gasteiger partial charge in [0.05, 0.1) is 83.6 Å². The average molecular weight is 1740 g/mol. The number of Topliss-reactive ketones (excluding diaryl/α,β-unsaturated/α-hetero) is 1. The lowest BCUT2D eigenvalue weighted by Crippen LogP contribution is -2.34. The molecule has 2 aliphatic rings. The summed E-state index contributed by atoms with van der Waals surface area (Å²) in [6, 6.07) is 56.8. The largest absolute Gasteiger partial charge is 0.475 e. The number of carbonyl (C=O) groups excluding carboxylic acids is 6. The molecule has 5 atom stereocenters. The van der Waals surface area contributed by atoms with E-state index >= 15 is 0 Å². The van der Waals surface area contributed by atoms with Crippen LogP contribution in [0.3, 0.4) is 0 Å². The van der Waals surface area contributed by atoms with E-state index in [0.717, 1.165) is 35.2 Å². The Hall–Kier alpha value is -17.2. The van der Waals surface area contributed by atoms with Crippen LogP contribution in [0.1, 0.15) is 153 Å². The van der Waals surface area contributed by atoms with Gasteiger partial charge in [0.25, 0.3) is 34.4 Å². The van der Waals surface area contributed by atoms with Crippen molar-refractivity contribution in [3.8, 4) is 52.6 Å². The number of ether oxygens (including phenoxy) is 1. The number of ketones is 1. The minimum Gasteiger partial charge on any atom is -0.475 e. The van der Waals surface area contributed by atoms with Crippen LogP contribution in [0.25, 0.3) is 76.9 Å². The first-order valence-corrected chi connectivity index (χ1v) is 42.3. The maximum Gasteiger partial charge on any atom is 0.346 e. The summed E-state index contributed by atoms with van der Waals surface area (Å²) in [5.41, 5.74) is 9.60. The van der Waals surface area contributed by atoms with Gasteiger partial charge in [0.15, 0.2) is 22.7 Å². The number of rotatable bonds is 19. The molecule has 131 heavy (non-hydrogen) atoms. The molecule has 18 rings (SSSR count). The summed E-state index contributed by atoms with van der Waals surface area (Å²) in [5.74, 6) is 16.3. The second kappa shape index (κ2) is 39.1. The van der Waals surface area contributed by atoms with Crippen molar-refractivity contribution in [2.24, 2.45) is 5.92 Å². The van der Waals surface area contributed by atoms with Crippen molar-refractivity contribution in [3.05, 3.63) is 354 Å². The van der Waals surface area contributed by atoms with E-state index in [9.17, 15) is 43.2 Å². The average Bonchev–Trinajstić information content (AvgIpc) is 1.69. The number of carbonyl (C=O) groups is 6. The second-order valence-electron chi connectivity index (χ2n) is 31.1. The van der Waals surface area contributed by atoms with Gasteiger partial charge >= 0.3 is 5.88 Å². The van der Waals surface area contributed by atoms with Crippen molar-refractivity contribution in [2.75, 3.05) is 26.2 Å². The van der Waals surface area contributed by atoms with Crippen LogP contribution >= 0.6 is 0 Å². The number of pyridine rings is 3. The number of hydrogen-bond donors (Lipinski definition) is 6. The zero-order chi connectivity index (χ0) is 91.3. The highest BCUT2D eigenvalue weighted by molar-refractivity contribution is 6.02. The molecule has 30 nitrogen and oxygen atoms in total. The Balaban J connectivity index is 0.000000144. The standard InChI is InChI=1S/C34H25N7O4.C34H30N6O4.C33H30N6O3/c1-21(38-33(43)29-22(2)39-40-19-9-18-36-31(29)40)26-20-24-11-7-10-23(30(24)34(44)41(26)25-13-5-4-6-14-25)12-8-17-37-32(42)27-15-16-28(35-3)45-27;1-21(37-33(43)29-22(2)38-39-18-8-17-35-31(29)39)28-20-24-10-6-9-23(11-7-16-36-32(42)25-14-15-27(41)19-25)30(24)34(44)40(28)26-12-4-3-5-13-26;1-22(27-21-36-38-18-9-17-34-31(27)38)37-23(2)28-20-25-11-6-10-24(12-7-16-35-32(40)29-15-8-19-42-29)30(25)33(41)39(28)26-13-4-3-5-14-26/h4-7,9-11,13-16,18-21H,17H2,1-2H3,(H,37,42)(H,38,43);3-6,8-10,12-13,17-18,20-21,25H,14-16,19H2,1-2H3,(H,36,42)(H,37,43);3-6,9-11,13-14,17-18,20-21,23,29,37H,1,8,15-16,19H2,2H3,(H,35,40)/t21-;21-,25?;23-,29-/m000/s1. The molecule has 11 heterocycles. The first kappa shape index (κ1) is 87.3.